The van der Waals surface area contributed by atoms with E-state index in [0.29, 0.717) is 6.04 Å². The summed E-state index contributed by atoms with van der Waals surface area (Å²) in [6.07, 6.45) is 4.20. The molecule has 1 amide bonds. The molecular formula is C22H35N3O2. The van der Waals surface area contributed by atoms with Gasteiger partial charge in [0.05, 0.1) is 0 Å². The Balaban J connectivity index is 1.47. The Morgan fingerprint density at radius 2 is 1.67 bits per heavy atom. The van der Waals surface area contributed by atoms with E-state index in [-0.39, 0.29) is 11.6 Å². The Hall–Kier alpha value is -1.75. The zero-order valence-electron chi connectivity index (χ0n) is 17.3. The topological polar surface area (TPSA) is 44.8 Å². The molecule has 1 aromatic rings. The molecule has 2 heterocycles. The van der Waals surface area contributed by atoms with Crippen molar-refractivity contribution in [3.05, 3.63) is 30.3 Å². The minimum atomic E-state index is -0.425. The van der Waals surface area contributed by atoms with Crippen molar-refractivity contribution in [3.8, 4) is 0 Å². The van der Waals surface area contributed by atoms with E-state index in [4.69, 9.17) is 4.74 Å². The average Bonchev–Trinajstić information content (AvgIpc) is 2.62. The van der Waals surface area contributed by atoms with Gasteiger partial charge in [0, 0.05) is 43.4 Å². The molecule has 2 aliphatic rings. The molecule has 0 atom stereocenters. The van der Waals surface area contributed by atoms with Gasteiger partial charge in [0.2, 0.25) is 0 Å². The molecule has 0 spiro atoms. The maximum atomic E-state index is 12.3. The third-order valence-corrected chi connectivity index (χ3v) is 5.90. The Morgan fingerprint density at radius 1 is 1.07 bits per heavy atom. The number of hydrogen-bond acceptors (Lipinski definition) is 4. The number of piperidine rings is 2. The van der Waals surface area contributed by atoms with Crippen molar-refractivity contribution < 1.29 is 9.53 Å². The largest absolute Gasteiger partial charge is 0.444 e. The average molecular weight is 374 g/mol. The molecule has 5 heteroatoms. The van der Waals surface area contributed by atoms with Gasteiger partial charge in [-0.25, -0.2) is 4.79 Å². The monoisotopic (exact) mass is 373 g/mol. The fraction of sp³-hybridized carbons (Fsp3) is 0.682. The lowest BCUT2D eigenvalue weighted by Crippen LogP contribution is -2.57. The van der Waals surface area contributed by atoms with E-state index in [1.165, 1.54) is 18.5 Å². The first-order chi connectivity index (χ1) is 12.8. The number of ether oxygens (including phenoxy) is 1. The van der Waals surface area contributed by atoms with Gasteiger partial charge in [0.15, 0.2) is 0 Å². The smallest absolute Gasteiger partial charge is 0.410 e. The van der Waals surface area contributed by atoms with E-state index in [1.807, 2.05) is 25.7 Å². The summed E-state index contributed by atoms with van der Waals surface area (Å²) in [6.45, 7) is 11.9. The number of nitrogens with one attached hydrogen (secondary N) is 1. The number of hydrogen-bond donors (Lipinski definition) is 1. The molecule has 0 aliphatic carbocycles. The van der Waals surface area contributed by atoms with Crippen LogP contribution in [0.1, 0.15) is 53.4 Å². The van der Waals surface area contributed by atoms with E-state index in [9.17, 15) is 4.79 Å². The predicted octanol–water partition coefficient (Wildman–Crippen LogP) is 4.35. The molecule has 1 aromatic carbocycles. The van der Waals surface area contributed by atoms with Crippen molar-refractivity contribution in [2.24, 2.45) is 0 Å². The molecule has 3 rings (SSSR count). The van der Waals surface area contributed by atoms with Gasteiger partial charge in [-0.2, -0.15) is 0 Å². The van der Waals surface area contributed by atoms with Crippen LogP contribution in [-0.4, -0.2) is 59.3 Å². The molecule has 0 saturated carbocycles. The Kier molecular flexibility index (Phi) is 5.99. The summed E-state index contributed by atoms with van der Waals surface area (Å²) in [5.41, 5.74) is 0.981. The van der Waals surface area contributed by atoms with Crippen molar-refractivity contribution in [3.63, 3.8) is 0 Å². The third kappa shape index (κ3) is 5.38. The molecule has 0 radical (unpaired) electrons. The Morgan fingerprint density at radius 3 is 2.22 bits per heavy atom. The first kappa shape index (κ1) is 20.0. The highest BCUT2D eigenvalue weighted by molar-refractivity contribution is 5.68. The van der Waals surface area contributed by atoms with Gasteiger partial charge in [0.25, 0.3) is 0 Å². The number of nitrogens with zero attached hydrogens (tertiary/aromatic N) is 2. The normalized spacial score (nSPS) is 21.7. The van der Waals surface area contributed by atoms with Crippen LogP contribution in [0.2, 0.25) is 0 Å². The van der Waals surface area contributed by atoms with Gasteiger partial charge in [0.1, 0.15) is 5.60 Å². The quantitative estimate of drug-likeness (QED) is 0.855. The molecule has 2 saturated heterocycles. The van der Waals surface area contributed by atoms with Crippen LogP contribution in [0.25, 0.3) is 0 Å². The summed E-state index contributed by atoms with van der Waals surface area (Å²) in [6, 6.07) is 11.0. The summed E-state index contributed by atoms with van der Waals surface area (Å²) in [5.74, 6) is 0. The molecule has 0 unspecified atom stereocenters. The summed E-state index contributed by atoms with van der Waals surface area (Å²) >= 11 is 0. The zero-order valence-corrected chi connectivity index (χ0v) is 17.3. The van der Waals surface area contributed by atoms with Crippen LogP contribution in [0.4, 0.5) is 10.5 Å². The number of amides is 1. The van der Waals surface area contributed by atoms with Crippen LogP contribution >= 0.6 is 0 Å². The molecule has 5 nitrogen and oxygen atoms in total. The number of benzene rings is 1. The number of carbonyl (C=O) groups is 1. The maximum Gasteiger partial charge on any atom is 0.410 e. The standard InChI is InChI=1S/C22H35N3O2/c1-21(2,3)27-20(26)24-16-12-22(4,13-17-24)25-14-10-19(11-15-25)23-18-8-6-5-7-9-18/h5-9,19,23H,10-17H2,1-4H3. The third-order valence-electron chi connectivity index (χ3n) is 5.90. The number of anilines is 1. The lowest BCUT2D eigenvalue weighted by Gasteiger charge is -2.49. The predicted molar refractivity (Wildman–Crippen MR) is 110 cm³/mol. The Bertz CT molecular complexity index is 610. The van der Waals surface area contributed by atoms with Crippen LogP contribution in [0.5, 0.6) is 0 Å². The molecule has 2 fully saturated rings. The van der Waals surface area contributed by atoms with Gasteiger partial charge < -0.3 is 15.0 Å². The van der Waals surface area contributed by atoms with Gasteiger partial charge in [-0.3, -0.25) is 4.90 Å². The molecule has 0 bridgehead atoms. The van der Waals surface area contributed by atoms with Gasteiger partial charge in [-0.15, -0.1) is 0 Å². The van der Waals surface area contributed by atoms with Crippen molar-refractivity contribution in [1.82, 2.24) is 9.80 Å². The number of para-hydroxylation sites is 1. The molecular weight excluding hydrogens is 338 g/mol. The van der Waals surface area contributed by atoms with Crippen molar-refractivity contribution in [2.75, 3.05) is 31.5 Å². The second kappa shape index (κ2) is 8.09. The van der Waals surface area contributed by atoms with Crippen LogP contribution in [-0.2, 0) is 4.74 Å². The minimum Gasteiger partial charge on any atom is -0.444 e. The van der Waals surface area contributed by atoms with Crippen LogP contribution < -0.4 is 5.32 Å². The van der Waals surface area contributed by atoms with Crippen molar-refractivity contribution in [1.29, 1.82) is 0 Å². The van der Waals surface area contributed by atoms with E-state index in [2.05, 4.69) is 47.5 Å². The Labute approximate surface area is 164 Å². The SMILES string of the molecule is CC(C)(C)OC(=O)N1CCC(C)(N2CCC(Nc3ccccc3)CC2)CC1. The van der Waals surface area contributed by atoms with E-state index < -0.39 is 5.60 Å². The van der Waals surface area contributed by atoms with Crippen molar-refractivity contribution in [2.45, 2.75) is 70.6 Å². The lowest BCUT2D eigenvalue weighted by molar-refractivity contribution is -0.00703. The van der Waals surface area contributed by atoms with Crippen molar-refractivity contribution >= 4 is 11.8 Å². The van der Waals surface area contributed by atoms with E-state index >= 15 is 0 Å². The van der Waals surface area contributed by atoms with Crippen LogP contribution in [0.15, 0.2) is 30.3 Å². The van der Waals surface area contributed by atoms with Gasteiger partial charge >= 0.3 is 6.09 Å². The number of likely N-dealkylation sites (tertiary alicyclic amines) is 2. The number of carbonyl (C=O) groups excluding carboxylic acids is 1. The van der Waals surface area contributed by atoms with E-state index in [0.717, 1.165) is 39.0 Å². The fourth-order valence-electron chi connectivity index (χ4n) is 4.15. The second-order valence-corrected chi connectivity index (χ2v) is 9.24. The second-order valence-electron chi connectivity index (χ2n) is 9.24. The molecule has 1 N–H and O–H groups in total. The summed E-state index contributed by atoms with van der Waals surface area (Å²) in [4.78, 5) is 16.8. The first-order valence-corrected chi connectivity index (χ1v) is 10.3. The fourth-order valence-corrected chi connectivity index (χ4v) is 4.15. The van der Waals surface area contributed by atoms with E-state index in [1.54, 1.807) is 0 Å². The molecule has 150 valence electrons. The highest BCUT2D eigenvalue weighted by Gasteiger charge is 2.39. The van der Waals surface area contributed by atoms with Gasteiger partial charge in [-0.1, -0.05) is 18.2 Å². The zero-order chi connectivity index (χ0) is 19.5. The van der Waals surface area contributed by atoms with Gasteiger partial charge in [-0.05, 0) is 65.5 Å². The number of rotatable bonds is 3. The highest BCUT2D eigenvalue weighted by Crippen LogP contribution is 2.32. The maximum absolute atomic E-state index is 12.3. The molecule has 0 aromatic heterocycles. The highest BCUT2D eigenvalue weighted by atomic mass is 16.6. The summed E-state index contributed by atoms with van der Waals surface area (Å²) < 4.78 is 5.53. The molecule has 2 aliphatic heterocycles. The first-order valence-electron chi connectivity index (χ1n) is 10.3. The molecule has 27 heavy (non-hydrogen) atoms. The summed E-state index contributed by atoms with van der Waals surface area (Å²) in [7, 11) is 0. The minimum absolute atomic E-state index is 0.171. The lowest BCUT2D eigenvalue weighted by atomic mass is 9.85. The summed E-state index contributed by atoms with van der Waals surface area (Å²) in [5, 5.41) is 3.66. The van der Waals surface area contributed by atoms with Crippen LogP contribution in [0, 0.1) is 0 Å². The van der Waals surface area contributed by atoms with Crippen LogP contribution in [0.3, 0.4) is 0 Å².